The highest BCUT2D eigenvalue weighted by atomic mass is 19.4. The maximum absolute atomic E-state index is 13.4. The fourth-order valence-corrected chi connectivity index (χ4v) is 5.49. The highest BCUT2D eigenvalue weighted by Gasteiger charge is 2.53. The zero-order valence-electron chi connectivity index (χ0n) is 21.2. The van der Waals surface area contributed by atoms with Gasteiger partial charge in [0, 0.05) is 13.0 Å². The van der Waals surface area contributed by atoms with Crippen molar-refractivity contribution in [3.8, 4) is 0 Å². The van der Waals surface area contributed by atoms with Crippen LogP contribution in [0.5, 0.6) is 0 Å². The van der Waals surface area contributed by atoms with E-state index in [0.717, 1.165) is 0 Å². The largest absolute Gasteiger partial charge is 0.416 e. The molecule has 6 nitrogen and oxygen atoms in total. The molecule has 0 unspecified atom stereocenters. The summed E-state index contributed by atoms with van der Waals surface area (Å²) < 4.78 is 86.5. The van der Waals surface area contributed by atoms with Gasteiger partial charge in [-0.1, -0.05) is 30.3 Å². The van der Waals surface area contributed by atoms with E-state index in [4.69, 9.17) is 10.5 Å². The van der Waals surface area contributed by atoms with E-state index in [9.17, 15) is 35.9 Å². The minimum Gasteiger partial charge on any atom is -0.371 e. The summed E-state index contributed by atoms with van der Waals surface area (Å²) in [7, 11) is 0. The van der Waals surface area contributed by atoms with Crippen molar-refractivity contribution in [3.63, 3.8) is 0 Å². The van der Waals surface area contributed by atoms with Gasteiger partial charge in [-0.3, -0.25) is 9.59 Å². The number of carbonyl (C=O) groups excluding carboxylic acids is 2. The third kappa shape index (κ3) is 5.91. The minimum atomic E-state index is -4.99. The molecule has 2 aromatic carbocycles. The highest BCUT2D eigenvalue weighted by Crippen LogP contribution is 2.45. The van der Waals surface area contributed by atoms with Gasteiger partial charge >= 0.3 is 12.4 Å². The van der Waals surface area contributed by atoms with E-state index in [2.05, 4.69) is 5.32 Å². The number of nitrogens with zero attached hydrogens (tertiary/aromatic N) is 1. The van der Waals surface area contributed by atoms with Crippen LogP contribution in [0.3, 0.4) is 0 Å². The summed E-state index contributed by atoms with van der Waals surface area (Å²) in [6, 6.07) is 10.2. The fourth-order valence-electron chi connectivity index (χ4n) is 5.49. The van der Waals surface area contributed by atoms with Crippen LogP contribution >= 0.6 is 0 Å². The molecule has 0 radical (unpaired) electrons. The molecule has 2 aromatic rings. The second-order valence-corrected chi connectivity index (χ2v) is 10.2. The first kappa shape index (κ1) is 28.9. The number of amides is 2. The van der Waals surface area contributed by atoms with Crippen LogP contribution in [0.25, 0.3) is 0 Å². The molecule has 2 amide bonds. The highest BCUT2D eigenvalue weighted by molar-refractivity contribution is 5.82. The smallest absolute Gasteiger partial charge is 0.371 e. The average molecular weight is 558 g/mol. The zero-order valence-corrected chi connectivity index (χ0v) is 21.2. The predicted molar refractivity (Wildman–Crippen MR) is 129 cm³/mol. The molecule has 2 heterocycles. The molecule has 0 bridgehead atoms. The number of nitrogens with two attached hydrogens (primary N) is 1. The molecule has 0 aliphatic carbocycles. The summed E-state index contributed by atoms with van der Waals surface area (Å²) in [5.74, 6) is -0.550. The van der Waals surface area contributed by atoms with Gasteiger partial charge in [0.05, 0.1) is 41.5 Å². The Morgan fingerprint density at radius 1 is 1.03 bits per heavy atom. The van der Waals surface area contributed by atoms with E-state index in [0.29, 0.717) is 43.4 Å². The number of alkyl halides is 6. The topological polar surface area (TPSA) is 84.7 Å². The van der Waals surface area contributed by atoms with Crippen molar-refractivity contribution in [3.05, 3.63) is 70.8 Å². The summed E-state index contributed by atoms with van der Waals surface area (Å²) >= 11 is 0. The van der Waals surface area contributed by atoms with Crippen molar-refractivity contribution >= 4 is 11.8 Å². The number of rotatable bonds is 6. The number of hydrogen-bond donors (Lipinski definition) is 2. The molecule has 2 fully saturated rings. The summed E-state index contributed by atoms with van der Waals surface area (Å²) in [5, 5.41) is 2.97. The van der Waals surface area contributed by atoms with Crippen molar-refractivity contribution in [2.75, 3.05) is 19.7 Å². The lowest BCUT2D eigenvalue weighted by Crippen LogP contribution is -2.65. The van der Waals surface area contributed by atoms with Gasteiger partial charge in [0.25, 0.3) is 0 Å². The minimum absolute atomic E-state index is 0.0693. The van der Waals surface area contributed by atoms with Crippen LogP contribution in [0.1, 0.15) is 61.0 Å². The summed E-state index contributed by atoms with van der Waals surface area (Å²) in [6.07, 6.45) is -9.51. The third-order valence-electron chi connectivity index (χ3n) is 7.67. The van der Waals surface area contributed by atoms with E-state index < -0.39 is 46.6 Å². The molecule has 39 heavy (non-hydrogen) atoms. The standard InChI is InChI=1S/C27H29F6N3O3/c1-17(18-11-20(26(28,29)30)13-21(12-18)27(31,32)33)39-16-25(19-5-3-2-4-6-19)10-9-24(8-7-22(37)35-24)15-36(25)23(38)14-34/h2-6,11-13,17H,7-10,14-16,34H2,1H3,(H,35,37)/t17-,24-,25-/m1/s1. The first-order valence-electron chi connectivity index (χ1n) is 12.5. The Bertz CT molecular complexity index is 1190. The summed E-state index contributed by atoms with van der Waals surface area (Å²) in [4.78, 5) is 26.8. The van der Waals surface area contributed by atoms with Gasteiger partial charge < -0.3 is 20.7 Å². The van der Waals surface area contributed by atoms with Crippen molar-refractivity contribution in [1.82, 2.24) is 10.2 Å². The number of halogens is 6. The molecule has 12 heteroatoms. The van der Waals surface area contributed by atoms with E-state index >= 15 is 0 Å². The Morgan fingerprint density at radius 2 is 1.64 bits per heavy atom. The molecule has 3 N–H and O–H groups in total. The molecule has 4 rings (SSSR count). The number of benzene rings is 2. The predicted octanol–water partition coefficient (Wildman–Crippen LogP) is 4.93. The summed E-state index contributed by atoms with van der Waals surface area (Å²) in [6.45, 7) is 0.955. The lowest BCUT2D eigenvalue weighted by atomic mass is 9.74. The van der Waals surface area contributed by atoms with Gasteiger partial charge in [0.15, 0.2) is 0 Å². The molecule has 3 atom stereocenters. The van der Waals surface area contributed by atoms with E-state index in [1.165, 1.54) is 11.8 Å². The third-order valence-corrected chi connectivity index (χ3v) is 7.67. The zero-order chi connectivity index (χ0) is 28.6. The van der Waals surface area contributed by atoms with Crippen molar-refractivity contribution < 1.29 is 40.7 Å². The summed E-state index contributed by atoms with van der Waals surface area (Å²) in [5.41, 5.74) is 1.50. The maximum atomic E-state index is 13.4. The van der Waals surface area contributed by atoms with Gasteiger partial charge in [0.1, 0.15) is 0 Å². The number of nitrogens with one attached hydrogen (secondary N) is 1. The monoisotopic (exact) mass is 557 g/mol. The SMILES string of the molecule is C[C@@H](OC[C@@]1(c2ccccc2)CC[C@]2(CCC(=O)N2)CN1C(=O)CN)c1cc(C(F)(F)F)cc(C(F)(F)F)c1. The lowest BCUT2D eigenvalue weighted by molar-refractivity contribution is -0.150. The van der Waals surface area contributed by atoms with Crippen molar-refractivity contribution in [2.45, 2.75) is 62.1 Å². The van der Waals surface area contributed by atoms with Gasteiger partial charge in [0.2, 0.25) is 11.8 Å². The van der Waals surface area contributed by atoms with Gasteiger partial charge in [-0.25, -0.2) is 0 Å². The number of piperidine rings is 1. The molecule has 212 valence electrons. The van der Waals surface area contributed by atoms with Crippen LogP contribution in [0.4, 0.5) is 26.3 Å². The number of hydrogen-bond acceptors (Lipinski definition) is 4. The van der Waals surface area contributed by atoms with Crippen LogP contribution < -0.4 is 11.1 Å². The van der Waals surface area contributed by atoms with Crippen molar-refractivity contribution in [2.24, 2.45) is 5.73 Å². The van der Waals surface area contributed by atoms with Crippen LogP contribution in [0.15, 0.2) is 48.5 Å². The maximum Gasteiger partial charge on any atom is 0.416 e. The van der Waals surface area contributed by atoms with Crippen molar-refractivity contribution in [1.29, 1.82) is 0 Å². The molecule has 2 aliphatic heterocycles. The van der Waals surface area contributed by atoms with Crippen LogP contribution in [0, 0.1) is 0 Å². The first-order valence-corrected chi connectivity index (χ1v) is 12.5. The second-order valence-electron chi connectivity index (χ2n) is 10.2. The van der Waals surface area contributed by atoms with Crippen LogP contribution in [-0.4, -0.2) is 41.9 Å². The van der Waals surface area contributed by atoms with Crippen LogP contribution in [-0.2, 0) is 32.2 Å². The Hall–Kier alpha value is -3.12. The second kappa shape index (κ2) is 10.5. The van der Waals surface area contributed by atoms with E-state index in [1.807, 2.05) is 0 Å². The Balaban J connectivity index is 1.70. The number of ether oxygens (including phenoxy) is 1. The van der Waals surface area contributed by atoms with Gasteiger partial charge in [-0.15, -0.1) is 0 Å². The Morgan fingerprint density at radius 3 is 2.15 bits per heavy atom. The van der Waals surface area contributed by atoms with Crippen LogP contribution in [0.2, 0.25) is 0 Å². The molecule has 2 saturated heterocycles. The quantitative estimate of drug-likeness (QED) is 0.494. The normalized spacial score (nSPS) is 24.6. The average Bonchev–Trinajstić information content (AvgIpc) is 3.26. The first-order chi connectivity index (χ1) is 18.2. The number of carbonyl (C=O) groups is 2. The number of likely N-dealkylation sites (tertiary alicyclic amines) is 1. The van der Waals surface area contributed by atoms with E-state index in [-0.39, 0.29) is 37.2 Å². The van der Waals surface area contributed by atoms with Gasteiger partial charge in [-0.2, -0.15) is 26.3 Å². The Labute approximate surface area is 221 Å². The molecule has 0 saturated carbocycles. The molecule has 0 aromatic heterocycles. The molecule has 2 aliphatic rings. The molecular weight excluding hydrogens is 528 g/mol. The van der Waals surface area contributed by atoms with E-state index in [1.54, 1.807) is 30.3 Å². The fraction of sp³-hybridized carbons (Fsp3) is 0.481. The Kier molecular flexibility index (Phi) is 7.74. The van der Waals surface area contributed by atoms with Gasteiger partial charge in [-0.05, 0) is 55.5 Å². The molecular formula is C27H29F6N3O3. The molecule has 1 spiro atoms. The lowest BCUT2D eigenvalue weighted by Gasteiger charge is -2.53.